The molecule has 0 saturated heterocycles. The van der Waals surface area contributed by atoms with Crippen LogP contribution in [-0.2, 0) is 16.4 Å². The normalized spacial score (nSPS) is 15.6. The molecule has 8 heteroatoms. The van der Waals surface area contributed by atoms with Crippen LogP contribution in [0.3, 0.4) is 0 Å². The molecule has 0 spiro atoms. The molecule has 1 aromatic rings. The lowest BCUT2D eigenvalue weighted by molar-refractivity contribution is 0.0689. The van der Waals surface area contributed by atoms with Crippen LogP contribution in [0.5, 0.6) is 0 Å². The molecule has 1 saturated carbocycles. The minimum absolute atomic E-state index is 0.0248. The maximum Gasteiger partial charge on any atom is 0.358 e. The van der Waals surface area contributed by atoms with Crippen molar-refractivity contribution in [2.45, 2.75) is 38.6 Å². The average molecular weight is 287 g/mol. The summed E-state index contributed by atoms with van der Waals surface area (Å²) < 4.78 is 24.8. The average Bonchev–Trinajstić information content (AvgIpc) is 3.06. The smallest absolute Gasteiger partial charge is 0.358 e. The predicted molar refractivity (Wildman–Crippen MR) is 67.9 cm³/mol. The van der Waals surface area contributed by atoms with Gasteiger partial charge in [0.25, 0.3) is 0 Å². The fraction of sp³-hybridized carbons (Fsp3) is 0.727. The first-order valence-corrected chi connectivity index (χ1v) is 8.14. The lowest BCUT2D eigenvalue weighted by Gasteiger charge is -2.06. The van der Waals surface area contributed by atoms with Crippen molar-refractivity contribution in [3.63, 3.8) is 0 Å². The van der Waals surface area contributed by atoms with Gasteiger partial charge in [0.15, 0.2) is 15.5 Å². The van der Waals surface area contributed by atoms with E-state index in [1.165, 1.54) is 4.68 Å². The maximum atomic E-state index is 11.7. The zero-order valence-electron chi connectivity index (χ0n) is 10.7. The summed E-state index contributed by atoms with van der Waals surface area (Å²) in [5, 5.41) is 16.5. The van der Waals surface area contributed by atoms with Gasteiger partial charge in [-0.15, -0.1) is 5.10 Å². The number of hydrogen-bond acceptors (Lipinski definition) is 5. The Morgan fingerprint density at radius 1 is 1.42 bits per heavy atom. The first kappa shape index (κ1) is 14.0. The van der Waals surface area contributed by atoms with Crippen molar-refractivity contribution in [2.24, 2.45) is 0 Å². The van der Waals surface area contributed by atoms with Crippen molar-refractivity contribution in [3.8, 4) is 0 Å². The number of aromatic carboxylic acids is 1. The molecule has 106 valence electrons. The molecule has 0 bridgehead atoms. The van der Waals surface area contributed by atoms with Gasteiger partial charge in [-0.05, 0) is 19.3 Å². The highest BCUT2D eigenvalue weighted by molar-refractivity contribution is 7.91. The summed E-state index contributed by atoms with van der Waals surface area (Å²) in [6.07, 6.45) is 2.40. The van der Waals surface area contributed by atoms with Crippen molar-refractivity contribution in [1.29, 1.82) is 0 Å². The SMILES string of the molecule is CCCS(=O)(=O)CCn1nnc(C(=O)O)c1C1CC1. The van der Waals surface area contributed by atoms with Crippen molar-refractivity contribution in [2.75, 3.05) is 11.5 Å². The van der Waals surface area contributed by atoms with Crippen molar-refractivity contribution >= 4 is 15.8 Å². The fourth-order valence-corrected chi connectivity index (χ4v) is 3.31. The number of carbonyl (C=O) groups is 1. The number of rotatable bonds is 7. The van der Waals surface area contributed by atoms with E-state index in [9.17, 15) is 13.2 Å². The quantitative estimate of drug-likeness (QED) is 0.791. The predicted octanol–water partition coefficient (Wildman–Crippen LogP) is 0.679. The van der Waals surface area contributed by atoms with Gasteiger partial charge in [0, 0.05) is 11.7 Å². The highest BCUT2D eigenvalue weighted by Crippen LogP contribution is 2.41. The summed E-state index contributed by atoms with van der Waals surface area (Å²) in [7, 11) is -3.10. The van der Waals surface area contributed by atoms with E-state index in [2.05, 4.69) is 10.3 Å². The second kappa shape index (κ2) is 5.28. The van der Waals surface area contributed by atoms with Crippen molar-refractivity contribution in [3.05, 3.63) is 11.4 Å². The standard InChI is InChI=1S/C11H17N3O4S/c1-2-6-19(17,18)7-5-14-10(8-3-4-8)9(11(15)16)12-13-14/h8H,2-7H2,1H3,(H,15,16). The molecule has 1 aliphatic carbocycles. The monoisotopic (exact) mass is 287 g/mol. The highest BCUT2D eigenvalue weighted by Gasteiger charge is 2.33. The Morgan fingerprint density at radius 3 is 2.63 bits per heavy atom. The first-order chi connectivity index (χ1) is 8.94. The Morgan fingerprint density at radius 2 is 2.11 bits per heavy atom. The number of aryl methyl sites for hydroxylation is 1. The molecule has 2 rings (SSSR count). The highest BCUT2D eigenvalue weighted by atomic mass is 32.2. The van der Waals surface area contributed by atoms with Crippen molar-refractivity contribution in [1.82, 2.24) is 15.0 Å². The fourth-order valence-electron chi connectivity index (χ4n) is 2.04. The number of nitrogens with zero attached hydrogens (tertiary/aromatic N) is 3. The Bertz CT molecular complexity index is 575. The third-order valence-corrected chi connectivity index (χ3v) is 4.90. The molecule has 1 heterocycles. The van der Waals surface area contributed by atoms with Crippen LogP contribution in [0.1, 0.15) is 48.3 Å². The van der Waals surface area contributed by atoms with Crippen LogP contribution in [-0.4, -0.2) is 46.0 Å². The Hall–Kier alpha value is -1.44. The lowest BCUT2D eigenvalue weighted by Crippen LogP contribution is -2.18. The molecule has 0 atom stereocenters. The van der Waals surface area contributed by atoms with Gasteiger partial charge in [-0.3, -0.25) is 0 Å². The summed E-state index contributed by atoms with van der Waals surface area (Å²) in [5.41, 5.74) is 0.523. The summed E-state index contributed by atoms with van der Waals surface area (Å²) in [6.45, 7) is 1.99. The molecule has 0 aliphatic heterocycles. The summed E-state index contributed by atoms with van der Waals surface area (Å²) in [5.74, 6) is -0.825. The Kier molecular flexibility index (Phi) is 3.88. The molecule has 0 radical (unpaired) electrons. The van der Waals surface area contributed by atoms with Gasteiger partial charge in [0.1, 0.15) is 0 Å². The van der Waals surface area contributed by atoms with Crippen LogP contribution in [0.4, 0.5) is 0 Å². The van der Waals surface area contributed by atoms with Gasteiger partial charge in [0.2, 0.25) is 0 Å². The summed E-state index contributed by atoms with van der Waals surface area (Å²) in [4.78, 5) is 11.0. The number of hydrogen-bond donors (Lipinski definition) is 1. The van der Waals surface area contributed by atoms with E-state index in [0.717, 1.165) is 12.8 Å². The summed E-state index contributed by atoms with van der Waals surface area (Å²) >= 11 is 0. The molecule has 1 aromatic heterocycles. The van der Waals surface area contributed by atoms with E-state index in [1.807, 2.05) is 6.92 Å². The second-order valence-electron chi connectivity index (χ2n) is 4.78. The zero-order chi connectivity index (χ0) is 14.0. The van der Waals surface area contributed by atoms with Gasteiger partial charge in [-0.2, -0.15) is 0 Å². The third kappa shape index (κ3) is 3.31. The number of sulfone groups is 1. The summed E-state index contributed by atoms with van der Waals surface area (Å²) in [6, 6.07) is 0. The molecule has 1 fully saturated rings. The van der Waals surface area contributed by atoms with E-state index in [1.54, 1.807) is 0 Å². The zero-order valence-corrected chi connectivity index (χ0v) is 11.6. The first-order valence-electron chi connectivity index (χ1n) is 6.31. The molecule has 0 aromatic carbocycles. The van der Waals surface area contributed by atoms with Gasteiger partial charge in [-0.25, -0.2) is 17.9 Å². The van der Waals surface area contributed by atoms with Crippen LogP contribution < -0.4 is 0 Å². The van der Waals surface area contributed by atoms with Crippen LogP contribution in [0.25, 0.3) is 0 Å². The molecule has 0 unspecified atom stereocenters. The number of carboxylic acids is 1. The minimum atomic E-state index is -3.10. The molecular weight excluding hydrogens is 270 g/mol. The van der Waals surface area contributed by atoms with E-state index >= 15 is 0 Å². The van der Waals surface area contributed by atoms with Crippen LogP contribution in [0.2, 0.25) is 0 Å². The topological polar surface area (TPSA) is 102 Å². The van der Waals surface area contributed by atoms with E-state index < -0.39 is 15.8 Å². The lowest BCUT2D eigenvalue weighted by atomic mass is 10.2. The third-order valence-electron chi connectivity index (χ3n) is 3.07. The molecule has 1 aliphatic rings. The van der Waals surface area contributed by atoms with Crippen LogP contribution >= 0.6 is 0 Å². The molecule has 0 amide bonds. The number of aromatic nitrogens is 3. The largest absolute Gasteiger partial charge is 0.476 e. The van der Waals surface area contributed by atoms with Gasteiger partial charge < -0.3 is 5.11 Å². The number of carboxylic acid groups (broad SMARTS) is 1. The minimum Gasteiger partial charge on any atom is -0.476 e. The van der Waals surface area contributed by atoms with E-state index in [0.29, 0.717) is 12.1 Å². The second-order valence-corrected chi connectivity index (χ2v) is 7.08. The molecule has 1 N–H and O–H groups in total. The molecule has 7 nitrogen and oxygen atoms in total. The van der Waals surface area contributed by atoms with Gasteiger partial charge in [-0.1, -0.05) is 12.1 Å². The molecule has 19 heavy (non-hydrogen) atoms. The van der Waals surface area contributed by atoms with E-state index in [-0.39, 0.29) is 29.7 Å². The van der Waals surface area contributed by atoms with Gasteiger partial charge in [0.05, 0.1) is 18.0 Å². The van der Waals surface area contributed by atoms with E-state index in [4.69, 9.17) is 5.11 Å². The Balaban J connectivity index is 2.15. The van der Waals surface area contributed by atoms with Gasteiger partial charge >= 0.3 is 5.97 Å². The van der Waals surface area contributed by atoms with Crippen LogP contribution in [0.15, 0.2) is 0 Å². The van der Waals surface area contributed by atoms with Crippen LogP contribution in [0, 0.1) is 0 Å². The maximum absolute atomic E-state index is 11.7. The van der Waals surface area contributed by atoms with Crippen molar-refractivity contribution < 1.29 is 18.3 Å². The molecular formula is C11H17N3O4S. The Labute approximate surface area is 111 Å².